The average Bonchev–Trinajstić information content (AvgIpc) is 3.03. The quantitative estimate of drug-likeness (QED) is 0.801. The minimum absolute atomic E-state index is 0.0644. The van der Waals surface area contributed by atoms with E-state index < -0.39 is 0 Å². The first kappa shape index (κ1) is 21.3. The lowest BCUT2D eigenvalue weighted by atomic mass is 9.92. The fourth-order valence-corrected chi connectivity index (χ4v) is 5.23. The summed E-state index contributed by atoms with van der Waals surface area (Å²) < 4.78 is 0. The van der Waals surface area contributed by atoms with Crippen molar-refractivity contribution in [3.63, 3.8) is 0 Å². The van der Waals surface area contributed by atoms with Crippen molar-refractivity contribution in [2.24, 2.45) is 5.92 Å². The van der Waals surface area contributed by atoms with Crippen LogP contribution in [0.1, 0.15) is 37.7 Å². The number of nitrogens with zero attached hydrogens (tertiary/aromatic N) is 3. The summed E-state index contributed by atoms with van der Waals surface area (Å²) in [5.74, 6) is 0.425. The molecule has 0 bridgehead atoms. The van der Waals surface area contributed by atoms with E-state index in [0.29, 0.717) is 32.1 Å². The summed E-state index contributed by atoms with van der Waals surface area (Å²) in [6.45, 7) is 7.28. The van der Waals surface area contributed by atoms with Gasteiger partial charge in [-0.25, -0.2) is 0 Å². The summed E-state index contributed by atoms with van der Waals surface area (Å²) >= 11 is 0. The molecule has 6 heteroatoms. The van der Waals surface area contributed by atoms with Gasteiger partial charge in [-0.1, -0.05) is 30.3 Å². The molecular formula is C24H36N4O2. The highest BCUT2D eigenvalue weighted by Crippen LogP contribution is 2.25. The van der Waals surface area contributed by atoms with Crippen LogP contribution in [-0.4, -0.2) is 84.9 Å². The lowest BCUT2D eigenvalue weighted by molar-refractivity contribution is -0.137. The summed E-state index contributed by atoms with van der Waals surface area (Å²) in [5.41, 5.74) is 1.42. The Hall–Kier alpha value is -1.92. The minimum Gasteiger partial charge on any atom is -0.354 e. The van der Waals surface area contributed by atoms with Gasteiger partial charge in [0.25, 0.3) is 0 Å². The highest BCUT2D eigenvalue weighted by molar-refractivity contribution is 5.81. The van der Waals surface area contributed by atoms with E-state index >= 15 is 0 Å². The lowest BCUT2D eigenvalue weighted by Gasteiger charge is -2.42. The predicted octanol–water partition coefficient (Wildman–Crippen LogP) is 1.75. The van der Waals surface area contributed by atoms with Gasteiger partial charge in [-0.05, 0) is 57.3 Å². The Balaban J connectivity index is 1.23. The molecule has 0 radical (unpaired) electrons. The molecule has 1 aromatic rings. The van der Waals surface area contributed by atoms with Gasteiger partial charge in [0.2, 0.25) is 11.8 Å². The Kier molecular flexibility index (Phi) is 7.39. The zero-order valence-corrected chi connectivity index (χ0v) is 18.1. The molecule has 0 saturated carbocycles. The van der Waals surface area contributed by atoms with Crippen LogP contribution in [0.3, 0.4) is 0 Å². The van der Waals surface area contributed by atoms with Crippen LogP contribution in [0.25, 0.3) is 0 Å². The van der Waals surface area contributed by atoms with Crippen LogP contribution in [0.2, 0.25) is 0 Å². The average molecular weight is 413 g/mol. The third-order valence-corrected chi connectivity index (χ3v) is 7.06. The molecule has 2 amide bonds. The Bertz CT molecular complexity index is 702. The maximum Gasteiger partial charge on any atom is 0.227 e. The molecular weight excluding hydrogens is 376 g/mol. The van der Waals surface area contributed by atoms with Gasteiger partial charge in [0.1, 0.15) is 0 Å². The summed E-state index contributed by atoms with van der Waals surface area (Å²) in [6, 6.07) is 11.4. The predicted molar refractivity (Wildman–Crippen MR) is 118 cm³/mol. The van der Waals surface area contributed by atoms with Crippen molar-refractivity contribution in [1.29, 1.82) is 0 Å². The zero-order valence-electron chi connectivity index (χ0n) is 18.1. The van der Waals surface area contributed by atoms with E-state index in [1.165, 1.54) is 18.4 Å². The third-order valence-electron chi connectivity index (χ3n) is 7.06. The molecule has 3 fully saturated rings. The van der Waals surface area contributed by atoms with E-state index in [9.17, 15) is 9.59 Å². The maximum absolute atomic E-state index is 13.1. The van der Waals surface area contributed by atoms with Gasteiger partial charge in [0.05, 0.1) is 5.92 Å². The molecule has 0 aromatic heterocycles. The summed E-state index contributed by atoms with van der Waals surface area (Å²) in [5, 5.41) is 2.87. The molecule has 164 valence electrons. The lowest BCUT2D eigenvalue weighted by Crippen LogP contribution is -2.51. The first-order valence-electron chi connectivity index (χ1n) is 11.7. The molecule has 0 unspecified atom stereocenters. The molecule has 3 heterocycles. The number of likely N-dealkylation sites (tertiary alicyclic amines) is 2. The number of carbonyl (C=O) groups excluding carboxylic acids is 2. The molecule has 3 aliphatic heterocycles. The van der Waals surface area contributed by atoms with E-state index in [2.05, 4.69) is 45.4 Å². The molecule has 30 heavy (non-hydrogen) atoms. The van der Waals surface area contributed by atoms with Gasteiger partial charge in [-0.3, -0.25) is 14.5 Å². The highest BCUT2D eigenvalue weighted by atomic mass is 16.2. The van der Waals surface area contributed by atoms with Gasteiger partial charge < -0.3 is 15.1 Å². The molecule has 1 atom stereocenters. The van der Waals surface area contributed by atoms with Crippen LogP contribution in [0.5, 0.6) is 0 Å². The maximum atomic E-state index is 13.1. The fraction of sp³-hybridized carbons (Fsp3) is 0.667. The fourth-order valence-electron chi connectivity index (χ4n) is 5.23. The van der Waals surface area contributed by atoms with Crippen molar-refractivity contribution in [2.45, 2.75) is 44.6 Å². The van der Waals surface area contributed by atoms with Crippen molar-refractivity contribution < 1.29 is 9.59 Å². The van der Waals surface area contributed by atoms with Crippen molar-refractivity contribution in [1.82, 2.24) is 20.0 Å². The van der Waals surface area contributed by atoms with Crippen LogP contribution in [0.4, 0.5) is 0 Å². The molecule has 3 saturated heterocycles. The SMILES string of the molecule is O=C1CCN(C(=O)[C@@H]2CCCN(C3CCN(CCc4ccccc4)CC3)C2)CCN1. The second-order valence-electron chi connectivity index (χ2n) is 9.07. The standard InChI is InChI=1S/C24H36N4O2/c29-23-11-17-27(18-12-25-23)24(30)21-7-4-13-28(19-21)22-9-15-26(16-10-22)14-8-20-5-2-1-3-6-20/h1-3,5-6,21-22H,4,7-19H2,(H,25,29)/t21-/m1/s1. The second kappa shape index (κ2) is 10.4. The zero-order chi connectivity index (χ0) is 20.8. The van der Waals surface area contributed by atoms with Crippen LogP contribution in [0.15, 0.2) is 30.3 Å². The van der Waals surface area contributed by atoms with Gasteiger partial charge in [-0.2, -0.15) is 0 Å². The number of rotatable bonds is 5. The highest BCUT2D eigenvalue weighted by Gasteiger charge is 2.33. The number of piperidine rings is 2. The molecule has 0 aliphatic carbocycles. The van der Waals surface area contributed by atoms with Gasteiger partial charge in [0, 0.05) is 45.2 Å². The number of benzene rings is 1. The van der Waals surface area contributed by atoms with Crippen LogP contribution >= 0.6 is 0 Å². The normalized spacial score (nSPS) is 25.0. The van der Waals surface area contributed by atoms with Crippen molar-refractivity contribution in [3.8, 4) is 0 Å². The third kappa shape index (κ3) is 5.61. The number of carbonyl (C=O) groups is 2. The van der Waals surface area contributed by atoms with E-state index in [0.717, 1.165) is 52.0 Å². The van der Waals surface area contributed by atoms with Gasteiger partial charge >= 0.3 is 0 Å². The van der Waals surface area contributed by atoms with Gasteiger partial charge in [-0.15, -0.1) is 0 Å². The molecule has 4 rings (SSSR count). The number of hydrogen-bond acceptors (Lipinski definition) is 4. The Morgan fingerprint density at radius 3 is 2.60 bits per heavy atom. The van der Waals surface area contributed by atoms with E-state index in [1.807, 2.05) is 4.90 Å². The smallest absolute Gasteiger partial charge is 0.227 e. The van der Waals surface area contributed by atoms with Crippen LogP contribution in [0, 0.1) is 5.92 Å². The van der Waals surface area contributed by atoms with Crippen LogP contribution in [-0.2, 0) is 16.0 Å². The molecule has 0 spiro atoms. The van der Waals surface area contributed by atoms with E-state index in [1.54, 1.807) is 0 Å². The van der Waals surface area contributed by atoms with Crippen molar-refractivity contribution in [2.75, 3.05) is 52.4 Å². The Morgan fingerprint density at radius 2 is 1.80 bits per heavy atom. The summed E-state index contributed by atoms with van der Waals surface area (Å²) in [4.78, 5) is 31.7. The first-order chi connectivity index (χ1) is 14.7. The first-order valence-corrected chi connectivity index (χ1v) is 11.7. The van der Waals surface area contributed by atoms with Gasteiger partial charge in [0.15, 0.2) is 0 Å². The summed E-state index contributed by atoms with van der Waals surface area (Å²) in [6.07, 6.45) is 6.07. The summed E-state index contributed by atoms with van der Waals surface area (Å²) in [7, 11) is 0. The molecule has 1 aromatic carbocycles. The van der Waals surface area contributed by atoms with Crippen molar-refractivity contribution in [3.05, 3.63) is 35.9 Å². The van der Waals surface area contributed by atoms with Crippen LogP contribution < -0.4 is 5.32 Å². The Labute approximate surface area is 180 Å². The van der Waals surface area contributed by atoms with E-state index in [-0.39, 0.29) is 17.7 Å². The second-order valence-corrected chi connectivity index (χ2v) is 9.07. The minimum atomic E-state index is 0.0644. The number of amides is 2. The Morgan fingerprint density at radius 1 is 1.00 bits per heavy atom. The number of nitrogens with one attached hydrogen (secondary N) is 1. The molecule has 3 aliphatic rings. The largest absolute Gasteiger partial charge is 0.354 e. The monoisotopic (exact) mass is 412 g/mol. The molecule has 6 nitrogen and oxygen atoms in total. The van der Waals surface area contributed by atoms with Crippen molar-refractivity contribution >= 4 is 11.8 Å². The topological polar surface area (TPSA) is 55.9 Å². The molecule has 1 N–H and O–H groups in total. The van der Waals surface area contributed by atoms with E-state index in [4.69, 9.17) is 0 Å². The number of hydrogen-bond donors (Lipinski definition) is 1.